The second kappa shape index (κ2) is 9.94. The third-order valence-electron chi connectivity index (χ3n) is 3.93. The predicted molar refractivity (Wildman–Crippen MR) is 101 cm³/mol. The SMILES string of the molecule is CSCCC(NC(=O)c1ccc(CC(O)c2cccnc2)cc1)C(=O)O. The zero-order valence-electron chi connectivity index (χ0n) is 14.5. The maximum atomic E-state index is 12.2. The molecule has 0 radical (unpaired) electrons. The Hall–Kier alpha value is -2.38. The Morgan fingerprint density at radius 3 is 2.54 bits per heavy atom. The fourth-order valence-corrected chi connectivity index (χ4v) is 2.91. The third-order valence-corrected chi connectivity index (χ3v) is 4.57. The van der Waals surface area contributed by atoms with Crippen molar-refractivity contribution >= 4 is 23.6 Å². The molecular weight excluding hydrogens is 352 g/mol. The lowest BCUT2D eigenvalue weighted by molar-refractivity contribution is -0.139. The molecule has 2 aromatic rings. The van der Waals surface area contributed by atoms with E-state index in [1.54, 1.807) is 48.8 Å². The van der Waals surface area contributed by atoms with E-state index in [2.05, 4.69) is 10.3 Å². The average Bonchev–Trinajstić information content (AvgIpc) is 2.66. The first-order valence-electron chi connectivity index (χ1n) is 8.20. The van der Waals surface area contributed by atoms with E-state index in [1.165, 1.54) is 11.8 Å². The molecule has 0 aliphatic heterocycles. The van der Waals surface area contributed by atoms with Gasteiger partial charge in [0.05, 0.1) is 6.10 Å². The molecule has 0 bridgehead atoms. The van der Waals surface area contributed by atoms with Crippen LogP contribution in [-0.4, -0.2) is 45.1 Å². The molecule has 0 spiro atoms. The van der Waals surface area contributed by atoms with Crippen LogP contribution >= 0.6 is 11.8 Å². The number of nitrogens with one attached hydrogen (secondary N) is 1. The summed E-state index contributed by atoms with van der Waals surface area (Å²) in [7, 11) is 0. The Kier molecular flexibility index (Phi) is 7.62. The van der Waals surface area contributed by atoms with Crippen LogP contribution < -0.4 is 5.32 Å². The van der Waals surface area contributed by atoms with E-state index in [0.717, 1.165) is 11.1 Å². The number of aliphatic carboxylic acids is 1. The van der Waals surface area contributed by atoms with E-state index in [4.69, 9.17) is 0 Å². The van der Waals surface area contributed by atoms with Gasteiger partial charge in [-0.2, -0.15) is 11.8 Å². The Labute approximate surface area is 156 Å². The largest absolute Gasteiger partial charge is 0.480 e. The van der Waals surface area contributed by atoms with Crippen molar-refractivity contribution in [2.45, 2.75) is 25.0 Å². The van der Waals surface area contributed by atoms with Crippen molar-refractivity contribution in [3.8, 4) is 0 Å². The van der Waals surface area contributed by atoms with Crippen molar-refractivity contribution in [2.24, 2.45) is 0 Å². The number of benzene rings is 1. The van der Waals surface area contributed by atoms with Gasteiger partial charge in [0.15, 0.2) is 0 Å². The maximum absolute atomic E-state index is 12.2. The number of hydrogen-bond acceptors (Lipinski definition) is 5. The van der Waals surface area contributed by atoms with Crippen LogP contribution in [0.3, 0.4) is 0 Å². The summed E-state index contributed by atoms with van der Waals surface area (Å²) in [5.74, 6) is -0.802. The van der Waals surface area contributed by atoms with Crippen LogP contribution in [0.15, 0.2) is 48.8 Å². The molecule has 0 fully saturated rings. The monoisotopic (exact) mass is 374 g/mol. The van der Waals surface area contributed by atoms with E-state index in [0.29, 0.717) is 24.2 Å². The predicted octanol–water partition coefficient (Wildman–Crippen LogP) is 2.29. The number of carboxylic acids is 1. The van der Waals surface area contributed by atoms with Gasteiger partial charge in [-0.25, -0.2) is 4.79 Å². The number of nitrogens with zero attached hydrogens (tertiary/aromatic N) is 1. The molecule has 3 N–H and O–H groups in total. The Bertz CT molecular complexity index is 722. The molecule has 0 saturated carbocycles. The van der Waals surface area contributed by atoms with Crippen LogP contribution in [0.2, 0.25) is 0 Å². The summed E-state index contributed by atoms with van der Waals surface area (Å²) in [6.45, 7) is 0. The summed E-state index contributed by atoms with van der Waals surface area (Å²) >= 11 is 1.53. The molecule has 1 amide bonds. The smallest absolute Gasteiger partial charge is 0.326 e. The number of aromatic nitrogens is 1. The quantitative estimate of drug-likeness (QED) is 0.623. The van der Waals surface area contributed by atoms with Crippen molar-refractivity contribution < 1.29 is 19.8 Å². The van der Waals surface area contributed by atoms with Gasteiger partial charge in [0.2, 0.25) is 0 Å². The fraction of sp³-hybridized carbons (Fsp3) is 0.316. The van der Waals surface area contributed by atoms with E-state index in [-0.39, 0.29) is 0 Å². The van der Waals surface area contributed by atoms with Gasteiger partial charge < -0.3 is 15.5 Å². The maximum Gasteiger partial charge on any atom is 0.326 e. The van der Waals surface area contributed by atoms with Crippen LogP contribution in [0, 0.1) is 0 Å². The summed E-state index contributed by atoms with van der Waals surface area (Å²) in [4.78, 5) is 27.4. The van der Waals surface area contributed by atoms with Crippen molar-refractivity contribution in [2.75, 3.05) is 12.0 Å². The van der Waals surface area contributed by atoms with Crippen molar-refractivity contribution in [3.63, 3.8) is 0 Å². The molecule has 26 heavy (non-hydrogen) atoms. The molecule has 1 aromatic carbocycles. The second-order valence-corrected chi connectivity index (χ2v) is 6.83. The van der Waals surface area contributed by atoms with E-state index < -0.39 is 24.0 Å². The standard InChI is InChI=1S/C19H22N2O4S/c1-26-10-8-16(19(24)25)21-18(23)14-6-4-13(5-7-14)11-17(22)15-3-2-9-20-12-15/h2-7,9,12,16-17,22H,8,10-11H2,1H3,(H,21,23)(H,24,25). The number of amides is 1. The number of carbonyl (C=O) groups is 2. The normalized spacial score (nSPS) is 13.0. The number of pyridine rings is 1. The number of aliphatic hydroxyl groups is 1. The van der Waals surface area contributed by atoms with Crippen molar-refractivity contribution in [1.29, 1.82) is 0 Å². The summed E-state index contributed by atoms with van der Waals surface area (Å²) in [6, 6.07) is 9.45. The highest BCUT2D eigenvalue weighted by atomic mass is 32.2. The summed E-state index contributed by atoms with van der Waals surface area (Å²) in [5, 5.41) is 22.0. The molecule has 0 aliphatic carbocycles. The minimum atomic E-state index is -1.04. The highest BCUT2D eigenvalue weighted by molar-refractivity contribution is 7.98. The topological polar surface area (TPSA) is 99.5 Å². The molecule has 2 unspecified atom stereocenters. The van der Waals surface area contributed by atoms with Gasteiger partial charge in [-0.1, -0.05) is 18.2 Å². The molecule has 1 heterocycles. The molecule has 7 heteroatoms. The number of thioether (sulfide) groups is 1. The Morgan fingerprint density at radius 1 is 1.23 bits per heavy atom. The molecule has 1 aromatic heterocycles. The average molecular weight is 374 g/mol. The minimum absolute atomic E-state index is 0.373. The molecule has 138 valence electrons. The lowest BCUT2D eigenvalue weighted by atomic mass is 10.0. The Morgan fingerprint density at radius 2 is 1.96 bits per heavy atom. The minimum Gasteiger partial charge on any atom is -0.480 e. The lowest BCUT2D eigenvalue weighted by Crippen LogP contribution is -2.41. The summed E-state index contributed by atoms with van der Waals surface area (Å²) < 4.78 is 0. The first-order chi connectivity index (χ1) is 12.5. The fourth-order valence-electron chi connectivity index (χ4n) is 2.44. The molecule has 0 saturated heterocycles. The Balaban J connectivity index is 1.97. The number of hydrogen-bond donors (Lipinski definition) is 3. The van der Waals surface area contributed by atoms with Crippen LogP contribution in [0.1, 0.15) is 34.0 Å². The van der Waals surface area contributed by atoms with Gasteiger partial charge in [0, 0.05) is 24.4 Å². The van der Waals surface area contributed by atoms with Gasteiger partial charge in [-0.05, 0) is 47.8 Å². The highest BCUT2D eigenvalue weighted by Crippen LogP contribution is 2.17. The number of rotatable bonds is 9. The van der Waals surface area contributed by atoms with Crippen LogP contribution in [-0.2, 0) is 11.2 Å². The number of carboxylic acid groups (broad SMARTS) is 1. The van der Waals surface area contributed by atoms with Gasteiger partial charge in [-0.3, -0.25) is 9.78 Å². The first kappa shape index (κ1) is 19.9. The lowest BCUT2D eigenvalue weighted by Gasteiger charge is -2.14. The van der Waals surface area contributed by atoms with Gasteiger partial charge in [0.1, 0.15) is 6.04 Å². The first-order valence-corrected chi connectivity index (χ1v) is 9.60. The van der Waals surface area contributed by atoms with Gasteiger partial charge in [0.25, 0.3) is 5.91 Å². The zero-order chi connectivity index (χ0) is 18.9. The summed E-state index contributed by atoms with van der Waals surface area (Å²) in [5.41, 5.74) is 1.99. The highest BCUT2D eigenvalue weighted by Gasteiger charge is 2.20. The zero-order valence-corrected chi connectivity index (χ0v) is 15.3. The molecule has 6 nitrogen and oxygen atoms in total. The molecule has 0 aliphatic rings. The molecule has 2 rings (SSSR count). The third kappa shape index (κ3) is 5.86. The summed E-state index contributed by atoms with van der Waals surface area (Å²) in [6.07, 6.45) is 5.25. The van der Waals surface area contributed by atoms with Gasteiger partial charge in [-0.15, -0.1) is 0 Å². The van der Waals surface area contributed by atoms with E-state index in [9.17, 15) is 19.8 Å². The van der Waals surface area contributed by atoms with Crippen LogP contribution in [0.4, 0.5) is 0 Å². The van der Waals surface area contributed by atoms with E-state index >= 15 is 0 Å². The van der Waals surface area contributed by atoms with Crippen molar-refractivity contribution in [3.05, 3.63) is 65.5 Å². The van der Waals surface area contributed by atoms with Crippen LogP contribution in [0.5, 0.6) is 0 Å². The van der Waals surface area contributed by atoms with Crippen LogP contribution in [0.25, 0.3) is 0 Å². The molecule has 2 atom stereocenters. The second-order valence-electron chi connectivity index (χ2n) is 5.85. The number of aliphatic hydroxyl groups excluding tert-OH is 1. The van der Waals surface area contributed by atoms with Crippen molar-refractivity contribution in [1.82, 2.24) is 10.3 Å². The van der Waals surface area contributed by atoms with Gasteiger partial charge >= 0.3 is 5.97 Å². The van der Waals surface area contributed by atoms with E-state index in [1.807, 2.05) is 6.26 Å². The number of carbonyl (C=O) groups excluding carboxylic acids is 1. The molecular formula is C19H22N2O4S.